The van der Waals surface area contributed by atoms with E-state index in [4.69, 9.17) is 5.73 Å². The van der Waals surface area contributed by atoms with Crippen LogP contribution in [0.3, 0.4) is 0 Å². The van der Waals surface area contributed by atoms with Gasteiger partial charge in [-0.1, -0.05) is 25.1 Å². The fourth-order valence-electron chi connectivity index (χ4n) is 2.13. The van der Waals surface area contributed by atoms with Gasteiger partial charge in [0.25, 0.3) is 5.91 Å². The predicted octanol–water partition coefficient (Wildman–Crippen LogP) is 1.50. The van der Waals surface area contributed by atoms with Gasteiger partial charge in [0.15, 0.2) is 0 Å². The van der Waals surface area contributed by atoms with Crippen molar-refractivity contribution in [2.24, 2.45) is 11.1 Å². The molecule has 0 radical (unpaired) electrons. The van der Waals surface area contributed by atoms with Crippen LogP contribution in [0.2, 0.25) is 0 Å². The highest BCUT2D eigenvalue weighted by atomic mass is 16.2. The van der Waals surface area contributed by atoms with E-state index in [1.165, 1.54) is 0 Å². The SMILES string of the molecule is CC1(CN)CCN(C(=O)c2ccccc2)C1. The van der Waals surface area contributed by atoms with Crippen LogP contribution in [0, 0.1) is 5.41 Å². The molecule has 0 saturated carbocycles. The molecule has 1 aliphatic heterocycles. The maximum Gasteiger partial charge on any atom is 0.253 e. The van der Waals surface area contributed by atoms with Gasteiger partial charge in [0, 0.05) is 18.7 Å². The number of carbonyl (C=O) groups is 1. The van der Waals surface area contributed by atoms with Crippen molar-refractivity contribution in [1.29, 1.82) is 0 Å². The molecule has 2 rings (SSSR count). The lowest BCUT2D eigenvalue weighted by molar-refractivity contribution is 0.0777. The first kappa shape index (κ1) is 11.1. The lowest BCUT2D eigenvalue weighted by atomic mass is 9.90. The molecule has 1 fully saturated rings. The zero-order valence-corrected chi connectivity index (χ0v) is 9.65. The Hall–Kier alpha value is -1.35. The van der Waals surface area contributed by atoms with E-state index in [1.54, 1.807) is 0 Å². The predicted molar refractivity (Wildman–Crippen MR) is 64.1 cm³/mol. The molecule has 3 nitrogen and oxygen atoms in total. The zero-order chi connectivity index (χ0) is 11.6. The summed E-state index contributed by atoms with van der Waals surface area (Å²) in [5.41, 5.74) is 6.60. The summed E-state index contributed by atoms with van der Waals surface area (Å²) in [6.07, 6.45) is 1.00. The summed E-state index contributed by atoms with van der Waals surface area (Å²) < 4.78 is 0. The number of benzene rings is 1. The summed E-state index contributed by atoms with van der Waals surface area (Å²) in [5, 5.41) is 0. The van der Waals surface area contributed by atoms with Crippen molar-refractivity contribution >= 4 is 5.91 Å². The van der Waals surface area contributed by atoms with Gasteiger partial charge in [-0.25, -0.2) is 0 Å². The summed E-state index contributed by atoms with van der Waals surface area (Å²) in [5.74, 6) is 0.123. The van der Waals surface area contributed by atoms with Gasteiger partial charge in [-0.15, -0.1) is 0 Å². The van der Waals surface area contributed by atoms with Crippen LogP contribution in [-0.4, -0.2) is 30.4 Å². The smallest absolute Gasteiger partial charge is 0.253 e. The van der Waals surface area contributed by atoms with Crippen LogP contribution in [0.5, 0.6) is 0 Å². The number of rotatable bonds is 2. The van der Waals surface area contributed by atoms with Crippen molar-refractivity contribution < 1.29 is 4.79 Å². The van der Waals surface area contributed by atoms with Crippen molar-refractivity contribution in [1.82, 2.24) is 4.90 Å². The monoisotopic (exact) mass is 218 g/mol. The molecule has 1 aliphatic rings. The molecule has 1 amide bonds. The third-order valence-corrected chi connectivity index (χ3v) is 3.36. The van der Waals surface area contributed by atoms with Crippen LogP contribution in [0.1, 0.15) is 23.7 Å². The third kappa shape index (κ3) is 2.09. The van der Waals surface area contributed by atoms with Crippen molar-refractivity contribution in [3.63, 3.8) is 0 Å². The molecular weight excluding hydrogens is 200 g/mol. The molecule has 1 aromatic carbocycles. The number of nitrogens with zero attached hydrogens (tertiary/aromatic N) is 1. The highest BCUT2D eigenvalue weighted by Gasteiger charge is 2.34. The summed E-state index contributed by atoms with van der Waals surface area (Å²) >= 11 is 0. The number of hydrogen-bond donors (Lipinski definition) is 1. The van der Waals surface area contributed by atoms with Crippen molar-refractivity contribution in [3.8, 4) is 0 Å². The zero-order valence-electron chi connectivity index (χ0n) is 9.65. The molecule has 86 valence electrons. The van der Waals surface area contributed by atoms with Crippen molar-refractivity contribution in [2.45, 2.75) is 13.3 Å². The molecule has 16 heavy (non-hydrogen) atoms. The molecule has 1 atom stereocenters. The van der Waals surface area contributed by atoms with Crippen LogP contribution in [-0.2, 0) is 0 Å². The van der Waals surface area contributed by atoms with Gasteiger partial charge in [0.05, 0.1) is 0 Å². The van der Waals surface area contributed by atoms with E-state index in [0.717, 1.165) is 25.1 Å². The minimum Gasteiger partial charge on any atom is -0.338 e. The highest BCUT2D eigenvalue weighted by Crippen LogP contribution is 2.29. The number of amides is 1. The Balaban J connectivity index is 2.08. The Morgan fingerprint density at radius 2 is 2.12 bits per heavy atom. The first-order valence-corrected chi connectivity index (χ1v) is 5.69. The van der Waals surface area contributed by atoms with Gasteiger partial charge in [0.1, 0.15) is 0 Å². The number of carbonyl (C=O) groups excluding carboxylic acids is 1. The maximum atomic E-state index is 12.1. The molecular formula is C13H18N2O. The third-order valence-electron chi connectivity index (χ3n) is 3.36. The fourth-order valence-corrected chi connectivity index (χ4v) is 2.13. The van der Waals surface area contributed by atoms with Crippen LogP contribution < -0.4 is 5.73 Å². The van der Waals surface area contributed by atoms with Crippen LogP contribution in [0.4, 0.5) is 0 Å². The van der Waals surface area contributed by atoms with E-state index < -0.39 is 0 Å². The topological polar surface area (TPSA) is 46.3 Å². The first-order chi connectivity index (χ1) is 7.64. The Labute approximate surface area is 96.2 Å². The number of hydrogen-bond acceptors (Lipinski definition) is 2. The minimum absolute atomic E-state index is 0.102. The van der Waals surface area contributed by atoms with Crippen molar-refractivity contribution in [2.75, 3.05) is 19.6 Å². The van der Waals surface area contributed by atoms with Gasteiger partial charge in [-0.3, -0.25) is 4.79 Å². The minimum atomic E-state index is 0.102. The van der Waals surface area contributed by atoms with Gasteiger partial charge in [-0.2, -0.15) is 0 Å². The van der Waals surface area contributed by atoms with Crippen LogP contribution >= 0.6 is 0 Å². The largest absolute Gasteiger partial charge is 0.338 e. The second-order valence-corrected chi connectivity index (χ2v) is 4.86. The molecule has 1 aromatic rings. The molecule has 3 heteroatoms. The number of nitrogens with two attached hydrogens (primary N) is 1. The van der Waals surface area contributed by atoms with Crippen LogP contribution in [0.25, 0.3) is 0 Å². The normalized spacial score (nSPS) is 24.8. The van der Waals surface area contributed by atoms with E-state index in [9.17, 15) is 4.79 Å². The summed E-state index contributed by atoms with van der Waals surface area (Å²) in [4.78, 5) is 14.0. The van der Waals surface area contributed by atoms with E-state index >= 15 is 0 Å². The molecule has 0 spiro atoms. The Kier molecular flexibility index (Phi) is 2.97. The van der Waals surface area contributed by atoms with E-state index in [-0.39, 0.29) is 11.3 Å². The number of likely N-dealkylation sites (tertiary alicyclic amines) is 1. The molecule has 1 unspecified atom stereocenters. The van der Waals surface area contributed by atoms with Crippen LogP contribution in [0.15, 0.2) is 30.3 Å². The summed E-state index contributed by atoms with van der Waals surface area (Å²) in [7, 11) is 0. The Morgan fingerprint density at radius 3 is 2.69 bits per heavy atom. The second kappa shape index (κ2) is 4.26. The van der Waals surface area contributed by atoms with Crippen molar-refractivity contribution in [3.05, 3.63) is 35.9 Å². The average molecular weight is 218 g/mol. The lowest BCUT2D eigenvalue weighted by Crippen LogP contribution is -2.34. The Morgan fingerprint density at radius 1 is 1.44 bits per heavy atom. The Bertz CT molecular complexity index is 377. The van der Waals surface area contributed by atoms with Gasteiger partial charge in [0.2, 0.25) is 0 Å². The fraction of sp³-hybridized carbons (Fsp3) is 0.462. The maximum absolute atomic E-state index is 12.1. The molecule has 1 saturated heterocycles. The van der Waals surface area contributed by atoms with E-state index in [1.807, 2.05) is 35.2 Å². The molecule has 2 N–H and O–H groups in total. The highest BCUT2D eigenvalue weighted by molar-refractivity contribution is 5.94. The summed E-state index contributed by atoms with van der Waals surface area (Å²) in [6, 6.07) is 9.43. The van der Waals surface area contributed by atoms with Gasteiger partial charge >= 0.3 is 0 Å². The van der Waals surface area contributed by atoms with Gasteiger partial charge in [-0.05, 0) is 30.5 Å². The lowest BCUT2D eigenvalue weighted by Gasteiger charge is -2.22. The standard InChI is InChI=1S/C13H18N2O/c1-13(9-14)7-8-15(10-13)12(16)11-5-3-2-4-6-11/h2-6H,7-10,14H2,1H3. The van der Waals surface area contributed by atoms with Gasteiger partial charge < -0.3 is 10.6 Å². The molecule has 1 heterocycles. The molecule has 0 aliphatic carbocycles. The first-order valence-electron chi connectivity index (χ1n) is 5.69. The molecule has 0 aromatic heterocycles. The average Bonchev–Trinajstić information content (AvgIpc) is 2.73. The second-order valence-electron chi connectivity index (χ2n) is 4.86. The quantitative estimate of drug-likeness (QED) is 0.817. The van der Waals surface area contributed by atoms with E-state index in [0.29, 0.717) is 6.54 Å². The molecule has 0 bridgehead atoms. The van der Waals surface area contributed by atoms with E-state index in [2.05, 4.69) is 6.92 Å². The summed E-state index contributed by atoms with van der Waals surface area (Å²) in [6.45, 7) is 4.38.